The number of halogens is 4. The Morgan fingerprint density at radius 1 is 1.06 bits per heavy atom. The minimum absolute atomic E-state index is 0.0792. The minimum atomic E-state index is -4.48. The summed E-state index contributed by atoms with van der Waals surface area (Å²) in [5, 5.41) is 2.26. The van der Waals surface area contributed by atoms with Gasteiger partial charge in [-0.2, -0.15) is 13.2 Å². The van der Waals surface area contributed by atoms with E-state index in [1.807, 2.05) is 0 Å². The Morgan fingerprint density at radius 2 is 1.79 bits per heavy atom. The molecule has 1 N–H and O–H groups in total. The molecule has 0 aromatic heterocycles. The van der Waals surface area contributed by atoms with Gasteiger partial charge in [0, 0.05) is 16.9 Å². The normalized spacial score (nSPS) is 16.2. The Hall–Kier alpha value is -3.33. The van der Waals surface area contributed by atoms with Crippen LogP contribution in [-0.2, 0) is 11.0 Å². The van der Waals surface area contributed by atoms with Crippen LogP contribution in [0.2, 0.25) is 0 Å². The van der Waals surface area contributed by atoms with E-state index in [1.54, 1.807) is 43.3 Å². The quantitative estimate of drug-likeness (QED) is 0.459. The van der Waals surface area contributed by atoms with Crippen molar-refractivity contribution in [3.8, 4) is 0 Å². The number of rotatable bonds is 4. The van der Waals surface area contributed by atoms with Crippen molar-refractivity contribution < 1.29 is 27.2 Å². The molecule has 0 saturated carbocycles. The van der Waals surface area contributed by atoms with E-state index in [0.717, 1.165) is 29.8 Å². The van der Waals surface area contributed by atoms with Crippen molar-refractivity contribution in [1.82, 2.24) is 0 Å². The van der Waals surface area contributed by atoms with Gasteiger partial charge in [-0.1, -0.05) is 18.2 Å². The van der Waals surface area contributed by atoms with E-state index in [2.05, 4.69) is 5.32 Å². The molecule has 1 saturated heterocycles. The second kappa shape index (κ2) is 8.90. The van der Waals surface area contributed by atoms with Crippen LogP contribution in [-0.4, -0.2) is 17.6 Å². The van der Waals surface area contributed by atoms with Gasteiger partial charge in [0.05, 0.1) is 11.3 Å². The van der Waals surface area contributed by atoms with E-state index in [0.29, 0.717) is 16.9 Å². The van der Waals surface area contributed by atoms with Crippen LogP contribution in [0.1, 0.15) is 32.4 Å². The molecule has 1 aliphatic heterocycles. The second-order valence-electron chi connectivity index (χ2n) is 7.52. The van der Waals surface area contributed by atoms with Crippen LogP contribution in [0.4, 0.5) is 28.9 Å². The fourth-order valence-electron chi connectivity index (χ4n) is 3.47. The standard InChI is InChI=1S/C24H18F4N2O2S/c1-14-5-10-19(12-20(14)25)30-21(31)13-33-23(30)16-3-2-4-18(11-16)29-22(32)15-6-8-17(9-7-15)24(26,27)28/h2-12,23H,13H2,1H3,(H,29,32). The number of hydrogen-bond donors (Lipinski definition) is 1. The van der Waals surface area contributed by atoms with E-state index in [1.165, 1.54) is 22.7 Å². The van der Waals surface area contributed by atoms with Crippen LogP contribution in [0.25, 0.3) is 0 Å². The number of hydrogen-bond acceptors (Lipinski definition) is 3. The highest BCUT2D eigenvalue weighted by atomic mass is 32.2. The van der Waals surface area contributed by atoms with Gasteiger partial charge in [0.15, 0.2) is 0 Å². The number of benzene rings is 3. The molecular weight excluding hydrogens is 456 g/mol. The number of nitrogens with zero attached hydrogens (tertiary/aromatic N) is 1. The lowest BCUT2D eigenvalue weighted by atomic mass is 10.1. The van der Waals surface area contributed by atoms with Crippen LogP contribution >= 0.6 is 11.8 Å². The van der Waals surface area contributed by atoms with Crippen LogP contribution in [0.15, 0.2) is 66.7 Å². The number of thioether (sulfide) groups is 1. The third-order valence-electron chi connectivity index (χ3n) is 5.21. The zero-order chi connectivity index (χ0) is 23.8. The average Bonchev–Trinajstić information content (AvgIpc) is 3.17. The third-order valence-corrected chi connectivity index (χ3v) is 6.42. The largest absolute Gasteiger partial charge is 0.416 e. The molecule has 170 valence electrons. The summed E-state index contributed by atoms with van der Waals surface area (Å²) in [4.78, 5) is 26.6. The molecule has 3 aromatic carbocycles. The first-order chi connectivity index (χ1) is 15.6. The predicted octanol–water partition coefficient (Wildman–Crippen LogP) is 6.18. The number of nitrogens with one attached hydrogen (secondary N) is 1. The molecule has 0 bridgehead atoms. The van der Waals surface area contributed by atoms with Crippen molar-refractivity contribution >= 4 is 35.0 Å². The molecule has 9 heteroatoms. The van der Waals surface area contributed by atoms with Gasteiger partial charge in [-0.3, -0.25) is 14.5 Å². The fourth-order valence-corrected chi connectivity index (χ4v) is 4.63. The second-order valence-corrected chi connectivity index (χ2v) is 8.58. The summed E-state index contributed by atoms with van der Waals surface area (Å²) in [5.74, 6) is -0.906. The van der Waals surface area contributed by atoms with Gasteiger partial charge in [-0.05, 0) is 66.6 Å². The minimum Gasteiger partial charge on any atom is -0.322 e. The predicted molar refractivity (Wildman–Crippen MR) is 120 cm³/mol. The highest BCUT2D eigenvalue weighted by molar-refractivity contribution is 8.00. The summed E-state index contributed by atoms with van der Waals surface area (Å²) >= 11 is 1.38. The number of carbonyl (C=O) groups excluding carboxylic acids is 2. The number of aryl methyl sites for hydroxylation is 1. The fraction of sp³-hybridized carbons (Fsp3) is 0.167. The zero-order valence-corrected chi connectivity index (χ0v) is 18.1. The van der Waals surface area contributed by atoms with Gasteiger partial charge < -0.3 is 5.32 Å². The van der Waals surface area contributed by atoms with Gasteiger partial charge in [-0.25, -0.2) is 4.39 Å². The molecule has 1 atom stereocenters. The Balaban J connectivity index is 1.55. The van der Waals surface area contributed by atoms with Crippen LogP contribution in [0.5, 0.6) is 0 Å². The van der Waals surface area contributed by atoms with Crippen molar-refractivity contribution in [3.05, 3.63) is 94.8 Å². The maximum atomic E-state index is 14.1. The van der Waals surface area contributed by atoms with Gasteiger partial charge in [0.2, 0.25) is 5.91 Å². The highest BCUT2D eigenvalue weighted by Gasteiger charge is 2.34. The van der Waals surface area contributed by atoms with Gasteiger partial charge in [0.25, 0.3) is 5.91 Å². The van der Waals surface area contributed by atoms with Crippen molar-refractivity contribution in [2.75, 3.05) is 16.0 Å². The third kappa shape index (κ3) is 4.88. The molecule has 1 heterocycles. The summed E-state index contributed by atoms with van der Waals surface area (Å²) in [6.07, 6.45) is -4.48. The molecular formula is C24H18F4N2O2S. The first kappa shape index (κ1) is 22.8. The Kier molecular flexibility index (Phi) is 6.16. The molecule has 1 fully saturated rings. The van der Waals surface area contributed by atoms with Crippen molar-refractivity contribution in [3.63, 3.8) is 0 Å². The van der Waals surface area contributed by atoms with E-state index >= 15 is 0 Å². The highest BCUT2D eigenvalue weighted by Crippen LogP contribution is 2.42. The van der Waals surface area contributed by atoms with Gasteiger partial charge >= 0.3 is 6.18 Å². The summed E-state index contributed by atoms with van der Waals surface area (Å²) in [6.45, 7) is 1.64. The lowest BCUT2D eigenvalue weighted by molar-refractivity contribution is -0.137. The monoisotopic (exact) mass is 474 g/mol. The van der Waals surface area contributed by atoms with Crippen LogP contribution in [0.3, 0.4) is 0 Å². The number of carbonyl (C=O) groups is 2. The lowest BCUT2D eigenvalue weighted by Crippen LogP contribution is -2.28. The molecule has 4 nitrogen and oxygen atoms in total. The summed E-state index contributed by atoms with van der Waals surface area (Å²) < 4.78 is 52.3. The summed E-state index contributed by atoms with van der Waals surface area (Å²) in [7, 11) is 0. The first-order valence-corrected chi connectivity index (χ1v) is 11.0. The smallest absolute Gasteiger partial charge is 0.322 e. The van der Waals surface area contributed by atoms with Crippen molar-refractivity contribution in [1.29, 1.82) is 0 Å². The molecule has 0 radical (unpaired) electrons. The summed E-state index contributed by atoms with van der Waals surface area (Å²) in [5.41, 5.74) is 1.30. The van der Waals surface area contributed by atoms with Crippen molar-refractivity contribution in [2.24, 2.45) is 0 Å². The number of amides is 2. The molecule has 33 heavy (non-hydrogen) atoms. The van der Waals surface area contributed by atoms with Crippen LogP contribution < -0.4 is 10.2 Å². The van der Waals surface area contributed by atoms with E-state index in [9.17, 15) is 27.2 Å². The van der Waals surface area contributed by atoms with Crippen molar-refractivity contribution in [2.45, 2.75) is 18.5 Å². The zero-order valence-electron chi connectivity index (χ0n) is 17.3. The molecule has 0 spiro atoms. The number of alkyl halides is 3. The van der Waals surface area contributed by atoms with Crippen LogP contribution in [0, 0.1) is 12.7 Å². The topological polar surface area (TPSA) is 49.4 Å². The molecule has 1 unspecified atom stereocenters. The Labute approximate surface area is 191 Å². The maximum Gasteiger partial charge on any atom is 0.416 e. The Morgan fingerprint density at radius 3 is 2.45 bits per heavy atom. The molecule has 0 aliphatic carbocycles. The molecule has 2 amide bonds. The first-order valence-electron chi connectivity index (χ1n) is 9.92. The molecule has 3 aromatic rings. The van der Waals surface area contributed by atoms with E-state index in [-0.39, 0.29) is 17.2 Å². The van der Waals surface area contributed by atoms with E-state index < -0.39 is 28.8 Å². The summed E-state index contributed by atoms with van der Waals surface area (Å²) in [6, 6.07) is 15.4. The SMILES string of the molecule is Cc1ccc(N2C(=O)CSC2c2cccc(NC(=O)c3ccc(C(F)(F)F)cc3)c2)cc1F. The average molecular weight is 474 g/mol. The number of anilines is 2. The van der Waals surface area contributed by atoms with Gasteiger partial charge in [0.1, 0.15) is 11.2 Å². The lowest BCUT2D eigenvalue weighted by Gasteiger charge is -2.25. The molecule has 4 rings (SSSR count). The molecule has 1 aliphatic rings. The Bertz CT molecular complexity index is 1210. The van der Waals surface area contributed by atoms with Gasteiger partial charge in [-0.15, -0.1) is 11.8 Å². The van der Waals surface area contributed by atoms with E-state index in [4.69, 9.17) is 0 Å². The maximum absolute atomic E-state index is 14.1.